The fourth-order valence-electron chi connectivity index (χ4n) is 2.76. The van der Waals surface area contributed by atoms with Crippen molar-refractivity contribution < 1.29 is 9.47 Å². The van der Waals surface area contributed by atoms with Gasteiger partial charge in [0.25, 0.3) is 0 Å². The summed E-state index contributed by atoms with van der Waals surface area (Å²) in [5.41, 5.74) is 2.31. The summed E-state index contributed by atoms with van der Waals surface area (Å²) < 4.78 is 11.5. The molecule has 1 aromatic carbocycles. The van der Waals surface area contributed by atoms with Crippen LogP contribution in [0.25, 0.3) is 0 Å². The molecular weight excluding hydrogens is 314 g/mol. The Kier molecular flexibility index (Phi) is 7.72. The zero-order valence-electron chi connectivity index (χ0n) is 16.1. The van der Waals surface area contributed by atoms with Crippen molar-refractivity contribution in [3.8, 4) is 0 Å². The van der Waals surface area contributed by atoms with E-state index >= 15 is 0 Å². The number of hydrogen-bond donors (Lipinski definition) is 2. The van der Waals surface area contributed by atoms with E-state index in [1.165, 1.54) is 11.1 Å². The lowest BCUT2D eigenvalue weighted by Gasteiger charge is -2.24. The van der Waals surface area contributed by atoms with Gasteiger partial charge < -0.3 is 20.1 Å². The van der Waals surface area contributed by atoms with Crippen LogP contribution in [-0.2, 0) is 22.6 Å². The van der Waals surface area contributed by atoms with E-state index in [0.717, 1.165) is 38.5 Å². The van der Waals surface area contributed by atoms with Gasteiger partial charge >= 0.3 is 0 Å². The fourth-order valence-corrected chi connectivity index (χ4v) is 2.76. The first-order chi connectivity index (χ1) is 12.0. The third kappa shape index (κ3) is 7.04. The second-order valence-corrected chi connectivity index (χ2v) is 7.13. The zero-order valence-corrected chi connectivity index (χ0v) is 16.1. The molecule has 0 saturated carbocycles. The van der Waals surface area contributed by atoms with E-state index in [4.69, 9.17) is 9.47 Å². The van der Waals surface area contributed by atoms with Crippen molar-refractivity contribution in [1.82, 2.24) is 10.6 Å². The number of nitrogens with zero attached hydrogens (tertiary/aromatic N) is 1. The van der Waals surface area contributed by atoms with E-state index in [2.05, 4.69) is 67.6 Å². The standard InChI is InChI=1S/C20H33N3O2/c1-5-21-19(23-15-20(4)11-6-12-25-20)22-13-17-7-9-18(10-8-17)14-24-16(2)3/h7-10,16H,5-6,11-15H2,1-4H3,(H2,21,22,23). The summed E-state index contributed by atoms with van der Waals surface area (Å²) in [7, 11) is 0. The minimum atomic E-state index is -0.0751. The Morgan fingerprint density at radius 3 is 2.56 bits per heavy atom. The summed E-state index contributed by atoms with van der Waals surface area (Å²) in [6.45, 7) is 12.1. The highest BCUT2D eigenvalue weighted by Gasteiger charge is 2.29. The van der Waals surface area contributed by atoms with Crippen molar-refractivity contribution >= 4 is 5.96 Å². The lowest BCUT2D eigenvalue weighted by molar-refractivity contribution is 0.0243. The van der Waals surface area contributed by atoms with Gasteiger partial charge in [-0.1, -0.05) is 24.3 Å². The molecule has 25 heavy (non-hydrogen) atoms. The molecule has 1 aromatic rings. The maximum absolute atomic E-state index is 5.83. The molecule has 0 aliphatic carbocycles. The minimum absolute atomic E-state index is 0.0751. The van der Waals surface area contributed by atoms with Crippen molar-refractivity contribution in [3.05, 3.63) is 35.4 Å². The predicted molar refractivity (Wildman–Crippen MR) is 103 cm³/mol. The first-order valence-corrected chi connectivity index (χ1v) is 9.36. The summed E-state index contributed by atoms with van der Waals surface area (Å²) in [5, 5.41) is 6.71. The second kappa shape index (κ2) is 9.78. The first-order valence-electron chi connectivity index (χ1n) is 9.36. The van der Waals surface area contributed by atoms with Crippen LogP contribution in [-0.4, -0.2) is 37.4 Å². The number of ether oxygens (including phenoxy) is 2. The van der Waals surface area contributed by atoms with Crippen molar-refractivity contribution in [2.75, 3.05) is 19.7 Å². The van der Waals surface area contributed by atoms with Gasteiger partial charge in [-0.25, -0.2) is 4.99 Å². The molecule has 0 radical (unpaired) electrons. The maximum atomic E-state index is 5.83. The molecular formula is C20H33N3O2. The van der Waals surface area contributed by atoms with Gasteiger partial charge in [-0.05, 0) is 51.7 Å². The summed E-state index contributed by atoms with van der Waals surface area (Å²) in [6.07, 6.45) is 2.49. The largest absolute Gasteiger partial charge is 0.374 e. The molecule has 5 heteroatoms. The molecule has 1 heterocycles. The number of rotatable bonds is 8. The van der Waals surface area contributed by atoms with Crippen LogP contribution < -0.4 is 10.6 Å². The van der Waals surface area contributed by atoms with E-state index in [9.17, 15) is 0 Å². The van der Waals surface area contributed by atoms with Gasteiger partial charge in [0, 0.05) is 19.7 Å². The molecule has 2 N–H and O–H groups in total. The monoisotopic (exact) mass is 347 g/mol. The molecule has 140 valence electrons. The van der Waals surface area contributed by atoms with Crippen molar-refractivity contribution in [2.45, 2.75) is 65.4 Å². The van der Waals surface area contributed by atoms with Gasteiger partial charge in [0.1, 0.15) is 0 Å². The molecule has 1 atom stereocenters. The van der Waals surface area contributed by atoms with E-state index in [-0.39, 0.29) is 11.7 Å². The van der Waals surface area contributed by atoms with Gasteiger partial charge in [0.05, 0.1) is 24.9 Å². The van der Waals surface area contributed by atoms with E-state index < -0.39 is 0 Å². The summed E-state index contributed by atoms with van der Waals surface area (Å²) in [6, 6.07) is 8.46. The molecule has 1 fully saturated rings. The lowest BCUT2D eigenvalue weighted by Crippen LogP contribution is -2.45. The molecule has 0 aromatic heterocycles. The Morgan fingerprint density at radius 2 is 1.96 bits per heavy atom. The molecule has 2 rings (SSSR count). The van der Waals surface area contributed by atoms with Crippen LogP contribution in [0.5, 0.6) is 0 Å². The van der Waals surface area contributed by atoms with Gasteiger partial charge in [-0.2, -0.15) is 0 Å². The third-order valence-corrected chi connectivity index (χ3v) is 4.30. The molecule has 1 aliphatic heterocycles. The van der Waals surface area contributed by atoms with Crippen LogP contribution >= 0.6 is 0 Å². The highest BCUT2D eigenvalue weighted by atomic mass is 16.5. The van der Waals surface area contributed by atoms with Crippen LogP contribution in [0.2, 0.25) is 0 Å². The Morgan fingerprint density at radius 1 is 1.24 bits per heavy atom. The predicted octanol–water partition coefficient (Wildman–Crippen LogP) is 3.24. The minimum Gasteiger partial charge on any atom is -0.374 e. The normalized spacial score (nSPS) is 20.9. The number of benzene rings is 1. The number of hydrogen-bond acceptors (Lipinski definition) is 3. The van der Waals surface area contributed by atoms with Crippen LogP contribution in [0.3, 0.4) is 0 Å². The molecule has 5 nitrogen and oxygen atoms in total. The van der Waals surface area contributed by atoms with Gasteiger partial charge in [0.15, 0.2) is 5.96 Å². The van der Waals surface area contributed by atoms with E-state index in [1.54, 1.807) is 0 Å². The van der Waals surface area contributed by atoms with Crippen LogP contribution in [0, 0.1) is 0 Å². The van der Waals surface area contributed by atoms with E-state index in [1.807, 2.05) is 0 Å². The van der Waals surface area contributed by atoms with Crippen molar-refractivity contribution in [1.29, 1.82) is 0 Å². The SMILES string of the molecule is CCNC(=NCc1ccc(COC(C)C)cc1)NCC1(C)CCCO1. The topological polar surface area (TPSA) is 54.9 Å². The maximum Gasteiger partial charge on any atom is 0.191 e. The van der Waals surface area contributed by atoms with Crippen molar-refractivity contribution in [3.63, 3.8) is 0 Å². The van der Waals surface area contributed by atoms with Crippen LogP contribution in [0.4, 0.5) is 0 Å². The highest BCUT2D eigenvalue weighted by molar-refractivity contribution is 5.79. The summed E-state index contributed by atoms with van der Waals surface area (Å²) in [4.78, 5) is 4.69. The van der Waals surface area contributed by atoms with Crippen molar-refractivity contribution in [2.24, 2.45) is 4.99 Å². The Hall–Kier alpha value is -1.59. The fraction of sp³-hybridized carbons (Fsp3) is 0.650. The van der Waals surface area contributed by atoms with Gasteiger partial charge in [-0.15, -0.1) is 0 Å². The molecule has 0 spiro atoms. The zero-order chi connectivity index (χ0) is 18.1. The average molecular weight is 348 g/mol. The lowest BCUT2D eigenvalue weighted by atomic mass is 10.0. The quantitative estimate of drug-likeness (QED) is 0.560. The Balaban J connectivity index is 1.86. The Labute approximate surface area is 152 Å². The second-order valence-electron chi connectivity index (χ2n) is 7.13. The highest BCUT2D eigenvalue weighted by Crippen LogP contribution is 2.23. The van der Waals surface area contributed by atoms with E-state index in [0.29, 0.717) is 13.2 Å². The number of aliphatic imine (C=N–C) groups is 1. The van der Waals surface area contributed by atoms with Gasteiger partial charge in [-0.3, -0.25) is 0 Å². The van der Waals surface area contributed by atoms with Gasteiger partial charge in [0.2, 0.25) is 0 Å². The Bertz CT molecular complexity index is 534. The smallest absolute Gasteiger partial charge is 0.191 e. The van der Waals surface area contributed by atoms with Crippen LogP contribution in [0.1, 0.15) is 51.7 Å². The number of guanidine groups is 1. The summed E-state index contributed by atoms with van der Waals surface area (Å²) >= 11 is 0. The average Bonchev–Trinajstić information content (AvgIpc) is 3.03. The molecule has 0 bridgehead atoms. The molecule has 0 amide bonds. The first kappa shape index (κ1) is 19.7. The number of nitrogens with one attached hydrogen (secondary N) is 2. The summed E-state index contributed by atoms with van der Waals surface area (Å²) in [5.74, 6) is 0.839. The molecule has 1 aliphatic rings. The third-order valence-electron chi connectivity index (χ3n) is 4.30. The molecule has 1 saturated heterocycles. The van der Waals surface area contributed by atoms with Crippen LogP contribution in [0.15, 0.2) is 29.3 Å². The molecule has 1 unspecified atom stereocenters.